The number of epoxide rings is 1. The molecular weight excluding hydrogens is 512 g/mol. The van der Waals surface area contributed by atoms with E-state index in [0.29, 0.717) is 6.10 Å². The largest absolute Gasteiger partial charge is 0.392 e. The molecule has 2 aliphatic rings. The minimum Gasteiger partial charge on any atom is -0.392 e. The Morgan fingerprint density at radius 1 is 0.786 bits per heavy atom. The fourth-order valence-corrected chi connectivity index (χ4v) is 5.88. The van der Waals surface area contributed by atoms with Crippen molar-refractivity contribution < 1.29 is 9.84 Å². The van der Waals surface area contributed by atoms with Crippen molar-refractivity contribution in [3.8, 4) is 0 Å². The minimum atomic E-state index is -0.213. The highest BCUT2D eigenvalue weighted by Gasteiger charge is 2.46. The molecule has 0 spiro atoms. The quantitative estimate of drug-likeness (QED) is 0.113. The Morgan fingerprint density at radius 3 is 1.93 bits per heavy atom. The van der Waals surface area contributed by atoms with Crippen LogP contribution in [-0.2, 0) is 4.74 Å². The molecule has 0 aromatic carbocycles. The van der Waals surface area contributed by atoms with Crippen LogP contribution in [0.5, 0.6) is 0 Å². The zero-order chi connectivity index (χ0) is 31.3. The van der Waals surface area contributed by atoms with Gasteiger partial charge in [-0.1, -0.05) is 108 Å². The zero-order valence-corrected chi connectivity index (χ0v) is 28.8. The van der Waals surface area contributed by atoms with E-state index in [9.17, 15) is 5.11 Å². The summed E-state index contributed by atoms with van der Waals surface area (Å²) in [6.07, 6.45) is 31.1. The summed E-state index contributed by atoms with van der Waals surface area (Å²) in [6.45, 7) is 22.1. The molecule has 234 valence electrons. The monoisotopic (exact) mass is 574 g/mol. The molecule has 2 atom stereocenters. The van der Waals surface area contributed by atoms with Crippen LogP contribution < -0.4 is 0 Å². The van der Waals surface area contributed by atoms with Gasteiger partial charge in [0, 0.05) is 5.41 Å². The maximum Gasteiger partial charge on any atom is 0.0892 e. The Morgan fingerprint density at radius 2 is 1.33 bits per heavy atom. The van der Waals surface area contributed by atoms with Gasteiger partial charge in [-0.05, 0) is 120 Å². The predicted octanol–water partition coefficient (Wildman–Crippen LogP) is 11.6. The lowest BCUT2D eigenvalue weighted by Gasteiger charge is -2.39. The first-order chi connectivity index (χ1) is 19.7. The highest BCUT2D eigenvalue weighted by Crippen LogP contribution is 2.43. The van der Waals surface area contributed by atoms with Crippen LogP contribution in [0.1, 0.15) is 133 Å². The first kappa shape index (κ1) is 36.0. The molecule has 0 aromatic heterocycles. The van der Waals surface area contributed by atoms with Crippen molar-refractivity contribution in [3.05, 3.63) is 93.7 Å². The van der Waals surface area contributed by atoms with E-state index in [4.69, 9.17) is 4.74 Å². The van der Waals surface area contributed by atoms with E-state index in [1.54, 1.807) is 0 Å². The van der Waals surface area contributed by atoms with Crippen LogP contribution in [0.25, 0.3) is 0 Å². The third kappa shape index (κ3) is 13.0. The van der Waals surface area contributed by atoms with E-state index >= 15 is 0 Å². The summed E-state index contributed by atoms with van der Waals surface area (Å²) in [7, 11) is 0. The second-order valence-electron chi connectivity index (χ2n) is 14.1. The standard InChI is InChI=1S/C40H62O2/c1-30(18-13-20-32(3)21-15-23-34(5)25-29-38-40(9,10)42-38)16-11-12-17-31(2)19-14-22-33(4)24-27-36-35(6)26-28-37(41)39(36,7)8/h11-13,16-18,20,22-23,37-38,41H,14-15,19,21,24-29H2,1-10H3. The van der Waals surface area contributed by atoms with E-state index < -0.39 is 0 Å². The molecule has 1 aliphatic heterocycles. The van der Waals surface area contributed by atoms with Gasteiger partial charge in [-0.25, -0.2) is 0 Å². The summed E-state index contributed by atoms with van der Waals surface area (Å²) in [5, 5.41) is 10.5. The fraction of sp³-hybridized carbons (Fsp3) is 0.600. The summed E-state index contributed by atoms with van der Waals surface area (Å²) in [5.41, 5.74) is 9.98. The maximum absolute atomic E-state index is 10.5. The number of aliphatic hydroxyl groups excluding tert-OH is 1. The molecule has 2 rings (SSSR count). The Bertz CT molecular complexity index is 1130. The van der Waals surface area contributed by atoms with Crippen LogP contribution in [-0.4, -0.2) is 22.9 Å². The summed E-state index contributed by atoms with van der Waals surface area (Å²) in [6, 6.07) is 0. The molecule has 1 aliphatic carbocycles. The molecule has 1 fully saturated rings. The van der Waals surface area contributed by atoms with Gasteiger partial charge in [0.15, 0.2) is 0 Å². The smallest absolute Gasteiger partial charge is 0.0892 e. The van der Waals surface area contributed by atoms with Gasteiger partial charge in [0.05, 0.1) is 17.8 Å². The van der Waals surface area contributed by atoms with E-state index in [1.165, 1.54) is 39.0 Å². The molecule has 0 amide bonds. The van der Waals surface area contributed by atoms with Gasteiger partial charge < -0.3 is 9.84 Å². The summed E-state index contributed by atoms with van der Waals surface area (Å²) in [5.74, 6) is 0. The van der Waals surface area contributed by atoms with Gasteiger partial charge >= 0.3 is 0 Å². The molecule has 2 nitrogen and oxygen atoms in total. The summed E-state index contributed by atoms with van der Waals surface area (Å²) < 4.78 is 5.69. The molecule has 2 heteroatoms. The zero-order valence-electron chi connectivity index (χ0n) is 28.8. The van der Waals surface area contributed by atoms with Gasteiger partial charge in [0.2, 0.25) is 0 Å². The van der Waals surface area contributed by atoms with Gasteiger partial charge in [-0.15, -0.1) is 0 Å². The van der Waals surface area contributed by atoms with Crippen molar-refractivity contribution in [3.63, 3.8) is 0 Å². The molecule has 0 aromatic rings. The number of rotatable bonds is 16. The van der Waals surface area contributed by atoms with Crippen molar-refractivity contribution in [1.29, 1.82) is 0 Å². The SMILES string of the molecule is CC(C=CC=C(C)CCC=C(C)CCC1OC1(C)C)=CC=CC=C(C)CCC=C(C)CCC1=C(C)CCC(O)C1(C)C. The first-order valence-electron chi connectivity index (χ1n) is 16.4. The lowest BCUT2D eigenvalue weighted by atomic mass is 9.69. The average molecular weight is 575 g/mol. The van der Waals surface area contributed by atoms with Crippen LogP contribution in [0.3, 0.4) is 0 Å². The molecule has 0 saturated carbocycles. The molecule has 2 unspecified atom stereocenters. The molecule has 1 heterocycles. The number of aliphatic hydroxyl groups is 1. The Hall–Kier alpha value is -2.16. The Labute approximate surface area is 259 Å². The Balaban J connectivity index is 1.68. The molecule has 1 N–H and O–H groups in total. The molecule has 1 saturated heterocycles. The maximum atomic E-state index is 10.5. The highest BCUT2D eigenvalue weighted by molar-refractivity contribution is 5.28. The number of hydrogen-bond donors (Lipinski definition) is 1. The molecule has 42 heavy (non-hydrogen) atoms. The first-order valence-corrected chi connectivity index (χ1v) is 16.4. The lowest BCUT2D eigenvalue weighted by Crippen LogP contribution is -2.35. The van der Waals surface area contributed by atoms with Crippen LogP contribution in [0.4, 0.5) is 0 Å². The highest BCUT2D eigenvalue weighted by atomic mass is 16.6. The van der Waals surface area contributed by atoms with Crippen molar-refractivity contribution in [1.82, 2.24) is 0 Å². The molecular formula is C40H62O2. The van der Waals surface area contributed by atoms with E-state index in [2.05, 4.69) is 124 Å². The van der Waals surface area contributed by atoms with E-state index in [-0.39, 0.29) is 17.1 Å². The van der Waals surface area contributed by atoms with Gasteiger partial charge in [-0.3, -0.25) is 0 Å². The van der Waals surface area contributed by atoms with Crippen molar-refractivity contribution in [2.24, 2.45) is 5.41 Å². The lowest BCUT2D eigenvalue weighted by molar-refractivity contribution is 0.0558. The number of ether oxygens (including phenoxy) is 1. The fourth-order valence-electron chi connectivity index (χ4n) is 5.88. The average Bonchev–Trinajstić information content (AvgIpc) is 3.53. The predicted molar refractivity (Wildman–Crippen MR) is 185 cm³/mol. The van der Waals surface area contributed by atoms with Crippen LogP contribution in [0, 0.1) is 5.41 Å². The molecule has 0 radical (unpaired) electrons. The number of allylic oxidation sites excluding steroid dienone is 15. The third-order valence-corrected chi connectivity index (χ3v) is 9.31. The molecule has 0 bridgehead atoms. The van der Waals surface area contributed by atoms with Crippen molar-refractivity contribution >= 4 is 0 Å². The van der Waals surface area contributed by atoms with Crippen molar-refractivity contribution in [2.45, 2.75) is 151 Å². The number of hydrogen-bond acceptors (Lipinski definition) is 2. The summed E-state index contributed by atoms with van der Waals surface area (Å²) in [4.78, 5) is 0. The van der Waals surface area contributed by atoms with Gasteiger partial charge in [0.1, 0.15) is 0 Å². The second-order valence-corrected chi connectivity index (χ2v) is 14.1. The topological polar surface area (TPSA) is 32.8 Å². The minimum absolute atomic E-state index is 0.0905. The normalized spacial score (nSPS) is 23.9. The summed E-state index contributed by atoms with van der Waals surface area (Å²) >= 11 is 0. The van der Waals surface area contributed by atoms with Crippen LogP contribution in [0.2, 0.25) is 0 Å². The van der Waals surface area contributed by atoms with Crippen molar-refractivity contribution in [2.75, 3.05) is 0 Å². The van der Waals surface area contributed by atoms with Crippen LogP contribution in [0.15, 0.2) is 93.7 Å². The van der Waals surface area contributed by atoms with E-state index in [0.717, 1.165) is 64.2 Å². The van der Waals surface area contributed by atoms with E-state index in [1.807, 2.05) is 0 Å². The van der Waals surface area contributed by atoms with Gasteiger partial charge in [-0.2, -0.15) is 0 Å². The third-order valence-electron chi connectivity index (χ3n) is 9.31. The second kappa shape index (κ2) is 17.2. The van der Waals surface area contributed by atoms with Gasteiger partial charge in [0.25, 0.3) is 0 Å². The van der Waals surface area contributed by atoms with Crippen LogP contribution >= 0.6 is 0 Å². The Kier molecular flexibility index (Phi) is 14.8.